The second kappa shape index (κ2) is 7.05. The monoisotopic (exact) mass is 391 g/mol. The molecule has 4 rings (SSSR count). The Balaban J connectivity index is 1.35. The van der Waals surface area contributed by atoms with Crippen molar-refractivity contribution in [2.24, 2.45) is 5.92 Å². The maximum Gasteiger partial charge on any atom is 0.154 e. The van der Waals surface area contributed by atoms with Crippen LogP contribution >= 0.6 is 0 Å². The first-order valence-electron chi connectivity index (χ1n) is 9.81. The minimum atomic E-state index is -3.02. The molecular weight excluding hydrogens is 362 g/mol. The number of sulfone groups is 1. The maximum atomic E-state index is 12.8. The number of hydrogen-bond donors (Lipinski definition) is 1. The second-order valence-corrected chi connectivity index (χ2v) is 10.7. The van der Waals surface area contributed by atoms with Crippen molar-refractivity contribution in [3.05, 3.63) is 18.6 Å². The highest BCUT2D eigenvalue weighted by Gasteiger charge is 2.40. The lowest BCUT2D eigenvalue weighted by atomic mass is 9.81. The summed E-state index contributed by atoms with van der Waals surface area (Å²) in [5.41, 5.74) is 0.834. The van der Waals surface area contributed by atoms with Crippen LogP contribution in [-0.2, 0) is 9.84 Å². The van der Waals surface area contributed by atoms with Crippen LogP contribution in [0.25, 0.3) is 11.0 Å². The molecule has 0 aromatic carbocycles. The number of anilines is 1. The molecule has 7 nitrogen and oxygen atoms in total. The van der Waals surface area contributed by atoms with Gasteiger partial charge in [-0.25, -0.2) is 18.4 Å². The Morgan fingerprint density at radius 1 is 1.33 bits per heavy atom. The summed E-state index contributed by atoms with van der Waals surface area (Å²) in [7, 11) is -0.974. The van der Waals surface area contributed by atoms with E-state index in [1.54, 1.807) is 6.33 Å². The molecule has 2 aromatic heterocycles. The van der Waals surface area contributed by atoms with Crippen LogP contribution in [0.3, 0.4) is 0 Å². The van der Waals surface area contributed by atoms with Gasteiger partial charge >= 0.3 is 0 Å². The average Bonchev–Trinajstić information content (AvgIpc) is 3.25. The fourth-order valence-corrected chi connectivity index (χ4v) is 6.53. The molecule has 0 bridgehead atoms. The topological polar surface area (TPSA) is 82.2 Å². The minimum absolute atomic E-state index is 0.182. The summed E-state index contributed by atoms with van der Waals surface area (Å²) in [5, 5.41) is 0.828. The smallest absolute Gasteiger partial charge is 0.154 e. The number of aromatic amines is 1. The Bertz CT molecular complexity index is 904. The van der Waals surface area contributed by atoms with Gasteiger partial charge in [-0.1, -0.05) is 0 Å². The lowest BCUT2D eigenvalue weighted by Gasteiger charge is -2.42. The summed E-state index contributed by atoms with van der Waals surface area (Å²) in [4.78, 5) is 16.2. The Labute approximate surface area is 161 Å². The quantitative estimate of drug-likeness (QED) is 0.812. The molecule has 2 aliphatic rings. The maximum absolute atomic E-state index is 12.8. The molecule has 1 saturated carbocycles. The zero-order chi connectivity index (χ0) is 19.2. The van der Waals surface area contributed by atoms with Crippen molar-refractivity contribution in [1.29, 1.82) is 0 Å². The summed E-state index contributed by atoms with van der Waals surface area (Å²) < 4.78 is 25.7. The fraction of sp³-hybridized carbons (Fsp3) is 0.684. The van der Waals surface area contributed by atoms with Crippen LogP contribution in [0.4, 0.5) is 5.82 Å². The van der Waals surface area contributed by atoms with Gasteiger partial charge in [0.1, 0.15) is 17.8 Å². The van der Waals surface area contributed by atoms with E-state index in [4.69, 9.17) is 0 Å². The van der Waals surface area contributed by atoms with Gasteiger partial charge in [0.2, 0.25) is 0 Å². The number of fused-ring (bicyclic) bond motifs is 1. The van der Waals surface area contributed by atoms with E-state index in [0.29, 0.717) is 24.4 Å². The molecule has 148 valence electrons. The first-order chi connectivity index (χ1) is 12.8. The van der Waals surface area contributed by atoms with E-state index in [0.717, 1.165) is 42.7 Å². The highest BCUT2D eigenvalue weighted by Crippen LogP contribution is 2.36. The van der Waals surface area contributed by atoms with E-state index in [9.17, 15) is 8.42 Å². The van der Waals surface area contributed by atoms with Crippen molar-refractivity contribution in [1.82, 2.24) is 19.9 Å². The van der Waals surface area contributed by atoms with E-state index >= 15 is 0 Å². The largest absolute Gasteiger partial charge is 0.356 e. The van der Waals surface area contributed by atoms with Gasteiger partial charge in [0.25, 0.3) is 0 Å². The van der Waals surface area contributed by atoms with Gasteiger partial charge < -0.3 is 9.88 Å². The Morgan fingerprint density at radius 3 is 2.81 bits per heavy atom. The SMILES string of the molecule is CC(C)N1CCC(S(=O)(=O)C[C@H]2C[C@@H](N(C)c3ncnc4[nH]ccc34)C2)C1. The molecular formula is C19H29N5O2S. The molecule has 1 aliphatic carbocycles. The third kappa shape index (κ3) is 3.57. The molecule has 1 N–H and O–H groups in total. The van der Waals surface area contributed by atoms with Crippen molar-refractivity contribution >= 4 is 26.7 Å². The van der Waals surface area contributed by atoms with Crippen LogP contribution in [-0.4, -0.2) is 71.5 Å². The van der Waals surface area contributed by atoms with Crippen LogP contribution in [0.15, 0.2) is 18.6 Å². The number of nitrogens with zero attached hydrogens (tertiary/aromatic N) is 4. The van der Waals surface area contributed by atoms with Gasteiger partial charge in [-0.2, -0.15) is 0 Å². The zero-order valence-electron chi connectivity index (χ0n) is 16.3. The third-order valence-electron chi connectivity index (χ3n) is 6.31. The van der Waals surface area contributed by atoms with E-state index in [-0.39, 0.29) is 11.2 Å². The number of hydrogen-bond acceptors (Lipinski definition) is 6. The number of rotatable bonds is 6. The second-order valence-electron chi connectivity index (χ2n) is 8.37. The number of likely N-dealkylation sites (tertiary alicyclic amines) is 1. The number of nitrogens with one attached hydrogen (secondary N) is 1. The van der Waals surface area contributed by atoms with Gasteiger partial charge in [-0.15, -0.1) is 0 Å². The normalized spacial score (nSPS) is 26.6. The number of H-pyrrole nitrogens is 1. The van der Waals surface area contributed by atoms with Crippen LogP contribution in [0.2, 0.25) is 0 Å². The predicted molar refractivity (Wildman–Crippen MR) is 108 cm³/mol. The summed E-state index contributed by atoms with van der Waals surface area (Å²) in [6, 6.07) is 2.75. The molecule has 0 radical (unpaired) electrons. The van der Waals surface area contributed by atoms with Crippen LogP contribution in [0.5, 0.6) is 0 Å². The Morgan fingerprint density at radius 2 is 2.11 bits per heavy atom. The highest BCUT2D eigenvalue weighted by atomic mass is 32.2. The van der Waals surface area contributed by atoms with Gasteiger partial charge in [0.15, 0.2) is 9.84 Å². The van der Waals surface area contributed by atoms with Crippen LogP contribution < -0.4 is 4.90 Å². The summed E-state index contributed by atoms with van der Waals surface area (Å²) in [6.07, 6.45) is 6.04. The first kappa shape index (κ1) is 18.7. The Kier molecular flexibility index (Phi) is 4.88. The molecule has 2 aromatic rings. The van der Waals surface area contributed by atoms with Crippen molar-refractivity contribution in [2.75, 3.05) is 30.8 Å². The van der Waals surface area contributed by atoms with Crippen LogP contribution in [0, 0.1) is 5.92 Å². The van der Waals surface area contributed by atoms with Crippen molar-refractivity contribution in [2.45, 2.75) is 50.4 Å². The molecule has 8 heteroatoms. The van der Waals surface area contributed by atoms with Crippen LogP contribution in [0.1, 0.15) is 33.1 Å². The van der Waals surface area contributed by atoms with E-state index in [2.05, 4.69) is 38.6 Å². The highest BCUT2D eigenvalue weighted by molar-refractivity contribution is 7.92. The summed E-state index contributed by atoms with van der Waals surface area (Å²) >= 11 is 0. The average molecular weight is 392 g/mol. The van der Waals surface area contributed by atoms with Gasteiger partial charge in [-0.05, 0) is 51.6 Å². The molecule has 1 saturated heterocycles. The lowest BCUT2D eigenvalue weighted by molar-refractivity contribution is 0.274. The van der Waals surface area contributed by atoms with Gasteiger partial charge in [-0.3, -0.25) is 4.90 Å². The summed E-state index contributed by atoms with van der Waals surface area (Å²) in [5.74, 6) is 1.51. The molecule has 0 spiro atoms. The van der Waals surface area contributed by atoms with E-state index < -0.39 is 9.84 Å². The fourth-order valence-electron chi connectivity index (χ4n) is 4.45. The predicted octanol–water partition coefficient (Wildman–Crippen LogP) is 2.07. The van der Waals surface area contributed by atoms with Crippen molar-refractivity contribution in [3.63, 3.8) is 0 Å². The standard InChI is InChI=1S/C19H29N5O2S/c1-13(2)24-7-5-16(10-24)27(25,26)11-14-8-15(9-14)23(3)19-17-4-6-20-18(17)21-12-22-19/h4,6,12-16H,5,7-11H2,1-3H3,(H,20,21,22)/t14-,15+,16?. The van der Waals surface area contributed by atoms with E-state index in [1.165, 1.54) is 0 Å². The van der Waals surface area contributed by atoms with Crippen molar-refractivity contribution in [3.8, 4) is 0 Å². The Hall–Kier alpha value is -1.67. The molecule has 3 heterocycles. The molecule has 1 atom stereocenters. The third-order valence-corrected chi connectivity index (χ3v) is 8.64. The molecule has 1 unspecified atom stereocenters. The first-order valence-corrected chi connectivity index (χ1v) is 11.5. The molecule has 27 heavy (non-hydrogen) atoms. The zero-order valence-corrected chi connectivity index (χ0v) is 17.1. The molecule has 1 aliphatic heterocycles. The lowest BCUT2D eigenvalue weighted by Crippen LogP contribution is -2.46. The molecule has 0 amide bonds. The van der Waals surface area contributed by atoms with Gasteiger partial charge in [0, 0.05) is 31.9 Å². The molecule has 2 fully saturated rings. The minimum Gasteiger partial charge on any atom is -0.356 e. The van der Waals surface area contributed by atoms with Crippen molar-refractivity contribution < 1.29 is 8.42 Å². The number of aromatic nitrogens is 3. The van der Waals surface area contributed by atoms with E-state index in [1.807, 2.05) is 19.3 Å². The van der Waals surface area contributed by atoms with Gasteiger partial charge in [0.05, 0.1) is 16.4 Å². The summed E-state index contributed by atoms with van der Waals surface area (Å²) in [6.45, 7) is 5.87.